The van der Waals surface area contributed by atoms with Crippen molar-refractivity contribution >= 4 is 29.0 Å². The molecule has 0 amide bonds. The van der Waals surface area contributed by atoms with Gasteiger partial charge in [-0.2, -0.15) is 0 Å². The molecule has 0 spiro atoms. The van der Waals surface area contributed by atoms with E-state index in [1.54, 1.807) is 48.7 Å². The maximum atomic E-state index is 9.52. The first-order valence-corrected chi connectivity index (χ1v) is 8.40. The van der Waals surface area contributed by atoms with Gasteiger partial charge in [0.15, 0.2) is 5.84 Å². The van der Waals surface area contributed by atoms with Gasteiger partial charge >= 0.3 is 0 Å². The molecule has 0 radical (unpaired) electrons. The van der Waals surface area contributed by atoms with Crippen molar-refractivity contribution in [2.45, 2.75) is 13.5 Å². The zero-order chi connectivity index (χ0) is 18.5. The number of aromatic nitrogens is 1. The number of halogens is 2. The quantitative estimate of drug-likeness (QED) is 0.363. The van der Waals surface area contributed by atoms with Crippen molar-refractivity contribution in [2.75, 3.05) is 0 Å². The molecule has 0 fully saturated rings. The Balaban J connectivity index is 1.96. The highest BCUT2D eigenvalue weighted by Gasteiger charge is 2.15. The molecule has 8 heteroatoms. The molecule has 0 saturated heterocycles. The molecule has 3 aromatic rings. The average molecular weight is 392 g/mol. The number of hydrogen-bond donors (Lipinski definition) is 2. The molecule has 2 heterocycles. The third-order valence-electron chi connectivity index (χ3n) is 3.43. The third kappa shape index (κ3) is 4.35. The second-order valence-electron chi connectivity index (χ2n) is 5.34. The van der Waals surface area contributed by atoms with E-state index in [-0.39, 0.29) is 18.3 Å². The number of pyridine rings is 1. The van der Waals surface area contributed by atoms with Crippen LogP contribution in [0.2, 0.25) is 10.0 Å². The van der Waals surface area contributed by atoms with Gasteiger partial charge in [-0.15, -0.1) is 0 Å². The van der Waals surface area contributed by atoms with Crippen molar-refractivity contribution in [3.05, 3.63) is 75.8 Å². The molecule has 0 atom stereocenters. The lowest BCUT2D eigenvalue weighted by Gasteiger charge is -2.13. The molecule has 0 aliphatic rings. The number of ether oxygens (including phenoxy) is 1. The fourth-order valence-corrected chi connectivity index (χ4v) is 2.51. The van der Waals surface area contributed by atoms with Crippen molar-refractivity contribution in [3.8, 4) is 11.6 Å². The maximum absolute atomic E-state index is 9.52. The van der Waals surface area contributed by atoms with E-state index in [1.807, 2.05) is 6.92 Å². The summed E-state index contributed by atoms with van der Waals surface area (Å²) in [6.07, 6.45) is 1.56. The normalized spacial score (nSPS) is 11.5. The lowest BCUT2D eigenvalue weighted by Crippen LogP contribution is -2.21. The molecule has 0 aliphatic carbocycles. The Morgan fingerprint density at radius 2 is 2.12 bits per heavy atom. The lowest BCUT2D eigenvalue weighted by atomic mass is 10.2. The Bertz CT molecular complexity index is 927. The molecule has 134 valence electrons. The van der Waals surface area contributed by atoms with Crippen molar-refractivity contribution in [2.24, 2.45) is 4.99 Å². The first kappa shape index (κ1) is 18.3. The van der Waals surface area contributed by atoms with Crippen LogP contribution >= 0.6 is 23.2 Å². The van der Waals surface area contributed by atoms with E-state index in [0.29, 0.717) is 27.1 Å². The van der Waals surface area contributed by atoms with E-state index < -0.39 is 0 Å². The van der Waals surface area contributed by atoms with Crippen LogP contribution in [0.4, 0.5) is 0 Å². The number of rotatable bonds is 5. The van der Waals surface area contributed by atoms with E-state index in [9.17, 15) is 5.21 Å². The van der Waals surface area contributed by atoms with Crippen molar-refractivity contribution < 1.29 is 14.4 Å². The molecule has 0 unspecified atom stereocenters. The third-order valence-corrected chi connectivity index (χ3v) is 3.98. The van der Waals surface area contributed by atoms with Crippen LogP contribution in [0.15, 0.2) is 58.1 Å². The average Bonchev–Trinajstić information content (AvgIpc) is 3.13. The van der Waals surface area contributed by atoms with Gasteiger partial charge in [0.25, 0.3) is 0 Å². The molecular weight excluding hydrogens is 377 g/mol. The van der Waals surface area contributed by atoms with E-state index >= 15 is 0 Å². The van der Waals surface area contributed by atoms with Gasteiger partial charge < -0.3 is 9.15 Å². The van der Waals surface area contributed by atoms with E-state index in [1.165, 1.54) is 0 Å². The summed E-state index contributed by atoms with van der Waals surface area (Å²) in [4.78, 5) is 8.68. The number of furan rings is 1. The SMILES string of the molecule is Cc1ccc(C(=NCc2ccco2)NO)c(Oc2cc(Cl)ccc2Cl)n1. The standard InChI is InChI=1S/C18H15Cl2N3O3/c1-11-4-6-14(17(23-24)21-10-13-3-2-8-25-13)18(22-11)26-16-9-12(19)5-7-15(16)20/h2-9,24H,10H2,1H3,(H,21,23). The first-order chi connectivity index (χ1) is 12.6. The minimum Gasteiger partial charge on any atom is -0.467 e. The minimum atomic E-state index is 0.182. The fraction of sp³-hybridized carbons (Fsp3) is 0.111. The monoisotopic (exact) mass is 391 g/mol. The number of amidine groups is 1. The Morgan fingerprint density at radius 1 is 1.27 bits per heavy atom. The Kier molecular flexibility index (Phi) is 5.78. The number of hydrogen-bond acceptors (Lipinski definition) is 5. The topological polar surface area (TPSA) is 79.9 Å². The summed E-state index contributed by atoms with van der Waals surface area (Å²) in [6.45, 7) is 2.06. The van der Waals surface area contributed by atoms with Crippen LogP contribution in [-0.2, 0) is 6.54 Å². The highest BCUT2D eigenvalue weighted by molar-refractivity contribution is 6.34. The molecule has 6 nitrogen and oxygen atoms in total. The first-order valence-electron chi connectivity index (χ1n) is 7.64. The van der Waals surface area contributed by atoms with Gasteiger partial charge in [-0.3, -0.25) is 15.7 Å². The maximum Gasteiger partial charge on any atom is 0.230 e. The smallest absolute Gasteiger partial charge is 0.230 e. The number of nitrogens with one attached hydrogen (secondary N) is 1. The molecule has 3 rings (SSSR count). The summed E-state index contributed by atoms with van der Waals surface area (Å²) in [5.74, 6) is 1.41. The van der Waals surface area contributed by atoms with E-state index in [0.717, 1.165) is 5.69 Å². The van der Waals surface area contributed by atoms with E-state index in [2.05, 4.69) is 15.5 Å². The Morgan fingerprint density at radius 3 is 2.85 bits per heavy atom. The number of aliphatic imine (C=N–C) groups is 1. The van der Waals surface area contributed by atoms with Gasteiger partial charge in [-0.1, -0.05) is 23.2 Å². The second kappa shape index (κ2) is 8.23. The van der Waals surface area contributed by atoms with Gasteiger partial charge in [0.05, 0.1) is 23.4 Å². The predicted molar refractivity (Wildman–Crippen MR) is 99.4 cm³/mol. The van der Waals surface area contributed by atoms with Crippen molar-refractivity contribution in [1.29, 1.82) is 0 Å². The van der Waals surface area contributed by atoms with Crippen LogP contribution in [0.25, 0.3) is 0 Å². The molecule has 0 saturated carbocycles. The Hall–Kier alpha value is -2.54. The number of benzene rings is 1. The lowest BCUT2D eigenvalue weighted by molar-refractivity contribution is 0.234. The van der Waals surface area contributed by atoms with Crippen LogP contribution in [0.1, 0.15) is 17.0 Å². The van der Waals surface area contributed by atoms with Crippen LogP contribution in [-0.4, -0.2) is 16.0 Å². The summed E-state index contributed by atoms with van der Waals surface area (Å²) in [7, 11) is 0. The minimum absolute atomic E-state index is 0.182. The van der Waals surface area contributed by atoms with Gasteiger partial charge in [0.2, 0.25) is 5.88 Å². The largest absolute Gasteiger partial charge is 0.467 e. The summed E-state index contributed by atoms with van der Waals surface area (Å²) in [5.41, 5.74) is 3.27. The van der Waals surface area contributed by atoms with Crippen LogP contribution in [0, 0.1) is 6.92 Å². The predicted octanol–water partition coefficient (Wildman–Crippen LogP) is 5.01. The molecule has 0 bridgehead atoms. The highest BCUT2D eigenvalue weighted by Crippen LogP contribution is 2.32. The van der Waals surface area contributed by atoms with Crippen molar-refractivity contribution in [3.63, 3.8) is 0 Å². The number of aryl methyl sites for hydroxylation is 1. The Labute approximate surface area is 160 Å². The van der Waals surface area contributed by atoms with Crippen LogP contribution < -0.4 is 10.2 Å². The number of hydroxylamine groups is 1. The van der Waals surface area contributed by atoms with Gasteiger partial charge in [0.1, 0.15) is 11.5 Å². The van der Waals surface area contributed by atoms with E-state index in [4.69, 9.17) is 32.4 Å². The summed E-state index contributed by atoms with van der Waals surface area (Å²) < 4.78 is 11.1. The number of nitrogens with zero attached hydrogens (tertiary/aromatic N) is 2. The van der Waals surface area contributed by atoms with Gasteiger partial charge in [-0.05, 0) is 43.3 Å². The zero-order valence-electron chi connectivity index (χ0n) is 13.7. The summed E-state index contributed by atoms with van der Waals surface area (Å²) >= 11 is 12.2. The summed E-state index contributed by atoms with van der Waals surface area (Å²) in [6, 6.07) is 11.9. The molecule has 2 N–H and O–H groups in total. The molecule has 26 heavy (non-hydrogen) atoms. The van der Waals surface area contributed by atoms with Crippen LogP contribution in [0.3, 0.4) is 0 Å². The molecular formula is C18H15Cl2N3O3. The van der Waals surface area contributed by atoms with Gasteiger partial charge in [0, 0.05) is 16.8 Å². The molecule has 0 aliphatic heterocycles. The van der Waals surface area contributed by atoms with Crippen molar-refractivity contribution in [1.82, 2.24) is 10.5 Å². The van der Waals surface area contributed by atoms with Crippen LogP contribution in [0.5, 0.6) is 11.6 Å². The van der Waals surface area contributed by atoms with Gasteiger partial charge in [-0.25, -0.2) is 4.98 Å². The fourth-order valence-electron chi connectivity index (χ4n) is 2.19. The summed E-state index contributed by atoms with van der Waals surface area (Å²) in [5, 5.41) is 10.4. The highest BCUT2D eigenvalue weighted by atomic mass is 35.5. The molecule has 1 aromatic carbocycles. The molecule has 2 aromatic heterocycles. The zero-order valence-corrected chi connectivity index (χ0v) is 15.3. The second-order valence-corrected chi connectivity index (χ2v) is 6.18.